The predicted molar refractivity (Wildman–Crippen MR) is 112 cm³/mol. The minimum Gasteiger partial charge on any atom is -0.384 e. The number of hydrogen-bond donors (Lipinski definition) is 1. The highest BCUT2D eigenvalue weighted by molar-refractivity contribution is 8.02. The molecule has 1 nitrogen and oxygen atoms in total. The lowest BCUT2D eigenvalue weighted by Crippen LogP contribution is -2.53. The summed E-state index contributed by atoms with van der Waals surface area (Å²) in [5.74, 6) is 0.684. The van der Waals surface area contributed by atoms with Gasteiger partial charge in [0, 0.05) is 11.3 Å². The van der Waals surface area contributed by atoms with E-state index in [1.165, 1.54) is 10.5 Å². The lowest BCUT2D eigenvalue weighted by molar-refractivity contribution is -0.0687. The van der Waals surface area contributed by atoms with Gasteiger partial charge in [-0.05, 0) is 41.9 Å². The highest BCUT2D eigenvalue weighted by Gasteiger charge is 2.65. The van der Waals surface area contributed by atoms with E-state index in [0.717, 1.165) is 12.8 Å². The van der Waals surface area contributed by atoms with E-state index < -0.39 is 13.7 Å². The van der Waals surface area contributed by atoms with E-state index in [1.54, 1.807) is 5.20 Å². The van der Waals surface area contributed by atoms with Crippen LogP contribution in [0.2, 0.25) is 18.1 Å². The Morgan fingerprint density at radius 3 is 2.29 bits per heavy atom. The molecule has 0 unspecified atom stereocenters. The summed E-state index contributed by atoms with van der Waals surface area (Å²) in [4.78, 5) is 1.45. The Labute approximate surface area is 154 Å². The maximum atomic E-state index is 11.8. The normalized spacial score (nSPS) is 36.9. The van der Waals surface area contributed by atoms with Gasteiger partial charge in [-0.3, -0.25) is 0 Å². The van der Waals surface area contributed by atoms with Gasteiger partial charge in [0.15, 0.2) is 0 Å². The zero-order valence-electron chi connectivity index (χ0n) is 16.9. The minimum atomic E-state index is -1.74. The lowest BCUT2D eigenvalue weighted by Gasteiger charge is -2.50. The van der Waals surface area contributed by atoms with E-state index in [4.69, 9.17) is 0 Å². The second-order valence-corrected chi connectivity index (χ2v) is 15.8. The molecule has 1 fully saturated rings. The molecule has 0 amide bonds. The fourth-order valence-corrected chi connectivity index (χ4v) is 9.85. The fraction of sp³-hybridized carbons (Fsp3) is 0.714. The van der Waals surface area contributed by atoms with Gasteiger partial charge >= 0.3 is 0 Å². The summed E-state index contributed by atoms with van der Waals surface area (Å²) in [5, 5.41) is 13.6. The van der Waals surface area contributed by atoms with Crippen molar-refractivity contribution in [3.63, 3.8) is 0 Å². The molecule has 0 aromatic carbocycles. The first-order valence-electron chi connectivity index (χ1n) is 9.08. The van der Waals surface area contributed by atoms with Gasteiger partial charge in [0.2, 0.25) is 0 Å². The number of thioether (sulfide) groups is 1. The molecule has 0 heterocycles. The molecule has 2 aliphatic rings. The zero-order valence-corrected chi connectivity index (χ0v) is 18.7. The third kappa shape index (κ3) is 2.46. The Bertz CT molecular complexity index is 597. The van der Waals surface area contributed by atoms with Crippen LogP contribution in [0.25, 0.3) is 0 Å². The Kier molecular flexibility index (Phi) is 4.92. The van der Waals surface area contributed by atoms with Crippen LogP contribution in [0, 0.1) is 17.3 Å². The van der Waals surface area contributed by atoms with E-state index >= 15 is 0 Å². The van der Waals surface area contributed by atoms with Crippen molar-refractivity contribution in [3.05, 3.63) is 34.9 Å². The van der Waals surface area contributed by atoms with Crippen molar-refractivity contribution in [2.24, 2.45) is 17.3 Å². The molecule has 0 spiro atoms. The minimum absolute atomic E-state index is 0.193. The summed E-state index contributed by atoms with van der Waals surface area (Å²) < 4.78 is 0. The molecular weight excluding hydrogens is 328 g/mol. The summed E-state index contributed by atoms with van der Waals surface area (Å²) in [6.45, 7) is 24.8. The van der Waals surface area contributed by atoms with Gasteiger partial charge < -0.3 is 5.11 Å². The second-order valence-electron chi connectivity index (χ2n) is 9.72. The Hall–Kier alpha value is -0.253. The molecule has 2 aliphatic carbocycles. The van der Waals surface area contributed by atoms with Crippen molar-refractivity contribution < 1.29 is 5.11 Å². The molecule has 4 atom stereocenters. The molecule has 0 radical (unpaired) electrons. The van der Waals surface area contributed by atoms with Crippen molar-refractivity contribution in [2.45, 2.75) is 71.2 Å². The fourth-order valence-electron chi connectivity index (χ4n) is 4.86. The first-order chi connectivity index (χ1) is 10.8. The number of aliphatic hydroxyl groups is 1. The average Bonchev–Trinajstić information content (AvgIpc) is 2.57. The number of allylic oxidation sites excluding steroid dienone is 1. The van der Waals surface area contributed by atoms with Crippen LogP contribution in [0.1, 0.15) is 47.5 Å². The molecule has 1 saturated carbocycles. The quantitative estimate of drug-likeness (QED) is 0.474. The number of fused-ring (bicyclic) bond motifs is 2. The van der Waals surface area contributed by atoms with Crippen molar-refractivity contribution in [1.29, 1.82) is 0 Å². The lowest BCUT2D eigenvalue weighted by atomic mass is 9.59. The van der Waals surface area contributed by atoms with Gasteiger partial charge in [-0.2, -0.15) is 0 Å². The summed E-state index contributed by atoms with van der Waals surface area (Å²) in [7, 11) is -1.74. The highest BCUT2D eigenvalue weighted by Crippen LogP contribution is 2.68. The zero-order chi connectivity index (χ0) is 18.7. The van der Waals surface area contributed by atoms with Crippen LogP contribution in [-0.4, -0.2) is 25.0 Å². The van der Waals surface area contributed by atoms with Crippen LogP contribution >= 0.6 is 11.8 Å². The summed E-state index contributed by atoms with van der Waals surface area (Å²) >= 11 is 1.87. The standard InChI is InChI=1S/C21H36OSSi/c1-11-21(22)16-12-15(14(2)3)13-20(21,7)18(23-8)17(16)24(9,10)19(4,5)6/h11,15-16,22H,1-2,12-13H2,3-10H3/t15-,16+,20-,21+/m1/s1. The largest absolute Gasteiger partial charge is 0.384 e. The molecular formula is C21H36OSSi. The van der Waals surface area contributed by atoms with Crippen LogP contribution in [0.15, 0.2) is 34.9 Å². The van der Waals surface area contributed by atoms with Crippen molar-refractivity contribution in [2.75, 3.05) is 6.26 Å². The highest BCUT2D eigenvalue weighted by atomic mass is 32.2. The molecule has 0 aromatic rings. The van der Waals surface area contributed by atoms with Crippen LogP contribution < -0.4 is 0 Å². The number of hydrogen-bond acceptors (Lipinski definition) is 2. The predicted octanol–water partition coefficient (Wildman–Crippen LogP) is 6.19. The van der Waals surface area contributed by atoms with E-state index in [0.29, 0.717) is 5.92 Å². The maximum absolute atomic E-state index is 11.8. The van der Waals surface area contributed by atoms with Gasteiger partial charge in [0.25, 0.3) is 0 Å². The van der Waals surface area contributed by atoms with E-state index in [1.807, 2.05) is 17.8 Å². The Morgan fingerprint density at radius 2 is 1.92 bits per heavy atom. The summed E-state index contributed by atoms with van der Waals surface area (Å²) in [6, 6.07) is 0. The summed E-state index contributed by atoms with van der Waals surface area (Å²) in [6.07, 6.45) is 6.03. The van der Waals surface area contributed by atoms with E-state index in [-0.39, 0.29) is 16.4 Å². The van der Waals surface area contributed by atoms with Gasteiger partial charge in [0.1, 0.15) is 0 Å². The monoisotopic (exact) mass is 364 g/mol. The van der Waals surface area contributed by atoms with Crippen LogP contribution in [0.5, 0.6) is 0 Å². The smallest absolute Gasteiger partial charge is 0.0985 e. The SMILES string of the molecule is C=C[C@]1(O)[C@H]2C[C@@H](C(=C)C)C[C@]1(C)C(SC)=C2[Si](C)(C)C(C)(C)C. The van der Waals surface area contributed by atoms with Crippen molar-refractivity contribution >= 4 is 19.8 Å². The van der Waals surface area contributed by atoms with E-state index in [9.17, 15) is 5.11 Å². The van der Waals surface area contributed by atoms with E-state index in [2.05, 4.69) is 67.1 Å². The topological polar surface area (TPSA) is 20.2 Å². The molecule has 0 saturated heterocycles. The molecule has 136 valence electrons. The third-order valence-corrected chi connectivity index (χ3v) is 14.4. The molecule has 2 rings (SSSR count). The third-order valence-electron chi connectivity index (χ3n) is 7.44. The average molecular weight is 365 g/mol. The first-order valence-corrected chi connectivity index (χ1v) is 13.3. The maximum Gasteiger partial charge on any atom is 0.0985 e. The number of rotatable bonds is 4. The van der Waals surface area contributed by atoms with Gasteiger partial charge in [-0.15, -0.1) is 18.3 Å². The van der Waals surface area contributed by atoms with Gasteiger partial charge in [-0.1, -0.05) is 64.2 Å². The van der Waals surface area contributed by atoms with Gasteiger partial charge in [0.05, 0.1) is 13.7 Å². The van der Waals surface area contributed by atoms with Crippen LogP contribution in [-0.2, 0) is 0 Å². The van der Waals surface area contributed by atoms with Crippen LogP contribution in [0.3, 0.4) is 0 Å². The first kappa shape index (κ1) is 20.1. The van der Waals surface area contributed by atoms with Crippen molar-refractivity contribution in [3.8, 4) is 0 Å². The summed E-state index contributed by atoms with van der Waals surface area (Å²) in [5.41, 5.74) is 0.211. The molecule has 3 heteroatoms. The molecule has 0 aromatic heterocycles. The molecule has 2 bridgehead atoms. The van der Waals surface area contributed by atoms with Crippen LogP contribution in [0.4, 0.5) is 0 Å². The van der Waals surface area contributed by atoms with Gasteiger partial charge in [-0.25, -0.2) is 0 Å². The molecule has 24 heavy (non-hydrogen) atoms. The molecule has 1 N–H and O–H groups in total. The Balaban J connectivity index is 2.74. The molecule has 0 aliphatic heterocycles. The van der Waals surface area contributed by atoms with Crippen molar-refractivity contribution in [1.82, 2.24) is 0 Å². The second kappa shape index (κ2) is 5.89. The Morgan fingerprint density at radius 1 is 1.38 bits per heavy atom.